The lowest BCUT2D eigenvalue weighted by atomic mass is 9.94. The molecular formula is C21H22F2N4O3. The predicted octanol–water partition coefficient (Wildman–Crippen LogP) is 2.92. The highest BCUT2D eigenvalue weighted by molar-refractivity contribution is 5.92. The molecule has 0 saturated heterocycles. The largest absolute Gasteiger partial charge is 0.501 e. The van der Waals surface area contributed by atoms with Crippen LogP contribution in [0.4, 0.5) is 14.7 Å². The Kier molecular flexibility index (Phi) is 6.00. The lowest BCUT2D eigenvalue weighted by molar-refractivity contribution is 0.0998. The van der Waals surface area contributed by atoms with Crippen LogP contribution in [0.3, 0.4) is 0 Å². The van der Waals surface area contributed by atoms with E-state index in [1.54, 1.807) is 7.11 Å². The third kappa shape index (κ3) is 4.40. The fourth-order valence-corrected chi connectivity index (χ4v) is 3.27. The monoisotopic (exact) mass is 416 g/mol. The minimum Gasteiger partial charge on any atom is -0.501 e. The van der Waals surface area contributed by atoms with Crippen molar-refractivity contribution in [3.8, 4) is 0 Å². The van der Waals surface area contributed by atoms with Crippen LogP contribution in [0, 0.1) is 17.6 Å². The van der Waals surface area contributed by atoms with E-state index in [9.17, 15) is 18.4 Å². The van der Waals surface area contributed by atoms with Crippen molar-refractivity contribution in [3.05, 3.63) is 80.6 Å². The van der Waals surface area contributed by atoms with E-state index in [0.29, 0.717) is 12.0 Å². The zero-order valence-electron chi connectivity index (χ0n) is 16.8. The van der Waals surface area contributed by atoms with Crippen molar-refractivity contribution < 1.29 is 18.3 Å². The van der Waals surface area contributed by atoms with Gasteiger partial charge in [0.2, 0.25) is 5.95 Å². The van der Waals surface area contributed by atoms with Gasteiger partial charge >= 0.3 is 0 Å². The number of carbonyl (C=O) groups is 1. The molecule has 1 amide bonds. The topological polar surface area (TPSA) is 99.2 Å². The van der Waals surface area contributed by atoms with E-state index in [1.165, 1.54) is 16.8 Å². The van der Waals surface area contributed by atoms with Crippen molar-refractivity contribution in [2.45, 2.75) is 26.8 Å². The maximum Gasteiger partial charge on any atom is 0.287 e. The first kappa shape index (κ1) is 21.2. The Morgan fingerprint density at radius 1 is 1.37 bits per heavy atom. The van der Waals surface area contributed by atoms with Crippen molar-refractivity contribution in [1.82, 2.24) is 9.55 Å². The number of benzene rings is 1. The molecule has 0 aliphatic heterocycles. The number of anilines is 1. The summed E-state index contributed by atoms with van der Waals surface area (Å²) in [5.74, 6) is -1.78. The summed E-state index contributed by atoms with van der Waals surface area (Å²) in [6.45, 7) is 3.93. The normalized spacial score (nSPS) is 16.3. The van der Waals surface area contributed by atoms with Crippen LogP contribution in [0.2, 0.25) is 0 Å². The Balaban J connectivity index is 2.04. The molecule has 1 heterocycles. The highest BCUT2D eigenvalue weighted by atomic mass is 19.2. The van der Waals surface area contributed by atoms with Crippen LogP contribution in [0.15, 0.2) is 52.3 Å². The SMILES string of the molecule is COC1=CC(C)=C(Nc2nc(=O)c(C(N)=O)cn2Cc2ccc(F)c(F)c2)CC1C. The molecule has 0 fully saturated rings. The summed E-state index contributed by atoms with van der Waals surface area (Å²) < 4.78 is 33.7. The Bertz CT molecular complexity index is 1120. The van der Waals surface area contributed by atoms with Gasteiger partial charge in [0.15, 0.2) is 11.6 Å². The minimum atomic E-state index is -0.997. The maximum absolute atomic E-state index is 13.6. The fraction of sp³-hybridized carbons (Fsp3) is 0.286. The number of methoxy groups -OCH3 is 1. The fourth-order valence-electron chi connectivity index (χ4n) is 3.27. The first-order chi connectivity index (χ1) is 14.2. The van der Waals surface area contributed by atoms with E-state index < -0.39 is 23.1 Å². The van der Waals surface area contributed by atoms with Crippen LogP contribution in [0.1, 0.15) is 36.2 Å². The predicted molar refractivity (Wildman–Crippen MR) is 108 cm³/mol. The molecule has 30 heavy (non-hydrogen) atoms. The summed E-state index contributed by atoms with van der Waals surface area (Å²) in [5, 5.41) is 3.14. The molecule has 1 unspecified atom stereocenters. The number of aromatic nitrogens is 2. The molecule has 1 aromatic carbocycles. The number of primary amides is 1. The number of nitrogens with zero attached hydrogens (tertiary/aromatic N) is 2. The van der Waals surface area contributed by atoms with Gasteiger partial charge in [0.05, 0.1) is 19.4 Å². The molecule has 1 aromatic heterocycles. The van der Waals surface area contributed by atoms with Crippen molar-refractivity contribution in [2.24, 2.45) is 11.7 Å². The first-order valence-electron chi connectivity index (χ1n) is 9.27. The summed E-state index contributed by atoms with van der Waals surface area (Å²) in [4.78, 5) is 27.8. The number of ether oxygens (including phenoxy) is 1. The van der Waals surface area contributed by atoms with Gasteiger partial charge in [0.25, 0.3) is 11.5 Å². The number of rotatable bonds is 6. The third-order valence-electron chi connectivity index (χ3n) is 4.93. The second kappa shape index (κ2) is 8.48. The molecule has 0 radical (unpaired) electrons. The van der Waals surface area contributed by atoms with E-state index in [0.717, 1.165) is 29.2 Å². The molecule has 1 aliphatic rings. The highest BCUT2D eigenvalue weighted by Gasteiger charge is 2.21. The zero-order valence-corrected chi connectivity index (χ0v) is 16.8. The molecular weight excluding hydrogens is 394 g/mol. The Morgan fingerprint density at radius 3 is 2.73 bits per heavy atom. The van der Waals surface area contributed by atoms with E-state index in [-0.39, 0.29) is 24.0 Å². The van der Waals surface area contributed by atoms with Gasteiger partial charge in [-0.2, -0.15) is 4.98 Å². The van der Waals surface area contributed by atoms with Crippen LogP contribution in [0.25, 0.3) is 0 Å². The van der Waals surface area contributed by atoms with E-state index in [1.807, 2.05) is 19.9 Å². The molecule has 158 valence electrons. The van der Waals surface area contributed by atoms with Gasteiger partial charge in [0, 0.05) is 17.8 Å². The zero-order chi connectivity index (χ0) is 22.0. The summed E-state index contributed by atoms with van der Waals surface area (Å²) in [6.07, 6.45) is 3.77. The first-order valence-corrected chi connectivity index (χ1v) is 9.27. The number of amides is 1. The van der Waals surface area contributed by atoms with Crippen molar-refractivity contribution in [3.63, 3.8) is 0 Å². The molecule has 0 saturated carbocycles. The van der Waals surface area contributed by atoms with Crippen LogP contribution in [0.5, 0.6) is 0 Å². The molecule has 3 N–H and O–H groups in total. The van der Waals surface area contributed by atoms with Crippen molar-refractivity contribution in [1.29, 1.82) is 0 Å². The summed E-state index contributed by atoms with van der Waals surface area (Å²) in [6, 6.07) is 3.46. The molecule has 7 nitrogen and oxygen atoms in total. The average Bonchev–Trinajstić information content (AvgIpc) is 2.68. The lowest BCUT2D eigenvalue weighted by Gasteiger charge is -2.25. The number of halogens is 2. The average molecular weight is 416 g/mol. The van der Waals surface area contributed by atoms with Gasteiger partial charge in [-0.15, -0.1) is 0 Å². The second-order valence-corrected chi connectivity index (χ2v) is 7.17. The minimum absolute atomic E-state index is 0.0358. The number of nitrogens with two attached hydrogens (primary N) is 1. The van der Waals surface area contributed by atoms with Gasteiger partial charge in [-0.3, -0.25) is 9.59 Å². The van der Waals surface area contributed by atoms with Gasteiger partial charge in [-0.25, -0.2) is 8.78 Å². The van der Waals surface area contributed by atoms with E-state index >= 15 is 0 Å². The highest BCUT2D eigenvalue weighted by Crippen LogP contribution is 2.29. The van der Waals surface area contributed by atoms with Gasteiger partial charge in [0.1, 0.15) is 5.56 Å². The molecule has 0 spiro atoms. The number of hydrogen-bond acceptors (Lipinski definition) is 5. The van der Waals surface area contributed by atoms with Crippen LogP contribution in [-0.2, 0) is 11.3 Å². The summed E-state index contributed by atoms with van der Waals surface area (Å²) in [7, 11) is 1.61. The Labute approximate surface area is 171 Å². The van der Waals surface area contributed by atoms with E-state index in [4.69, 9.17) is 10.5 Å². The molecule has 3 rings (SSSR count). The smallest absolute Gasteiger partial charge is 0.287 e. The van der Waals surface area contributed by atoms with Crippen LogP contribution < -0.4 is 16.6 Å². The van der Waals surface area contributed by atoms with Crippen molar-refractivity contribution >= 4 is 11.9 Å². The second-order valence-electron chi connectivity index (χ2n) is 7.17. The standard InChI is InChI=1S/C21H22F2N4O3/c1-11-7-18(30-3)12(2)6-17(11)25-21-26-20(29)14(19(24)28)10-27(21)9-13-4-5-15(22)16(23)8-13/h4-5,7-8,10,12H,6,9H2,1-3H3,(H2,24,28)(H,25,26,29). The Morgan fingerprint density at radius 2 is 2.10 bits per heavy atom. The van der Waals surface area contributed by atoms with Crippen molar-refractivity contribution in [2.75, 3.05) is 12.4 Å². The van der Waals surface area contributed by atoms with Gasteiger partial charge in [-0.05, 0) is 42.7 Å². The molecule has 9 heteroatoms. The number of nitrogens with one attached hydrogen (secondary N) is 1. The molecule has 2 aromatic rings. The Hall–Kier alpha value is -3.49. The van der Waals surface area contributed by atoms with Gasteiger partial charge in [-0.1, -0.05) is 13.0 Å². The number of allylic oxidation sites excluding steroid dienone is 4. The van der Waals surface area contributed by atoms with Gasteiger partial charge < -0.3 is 20.4 Å². The number of hydrogen-bond donors (Lipinski definition) is 2. The maximum atomic E-state index is 13.6. The summed E-state index contributed by atoms with van der Waals surface area (Å²) in [5.41, 5.74) is 6.34. The van der Waals surface area contributed by atoms with Crippen LogP contribution in [-0.4, -0.2) is 22.6 Å². The lowest BCUT2D eigenvalue weighted by Crippen LogP contribution is -2.28. The quantitative estimate of drug-likeness (QED) is 0.754. The summed E-state index contributed by atoms with van der Waals surface area (Å²) >= 11 is 0. The number of carbonyl (C=O) groups excluding carboxylic acids is 1. The molecule has 1 aliphatic carbocycles. The molecule has 1 atom stereocenters. The third-order valence-corrected chi connectivity index (χ3v) is 4.93. The van der Waals surface area contributed by atoms with E-state index in [2.05, 4.69) is 10.3 Å². The molecule has 0 bridgehead atoms. The van der Waals surface area contributed by atoms with Crippen LogP contribution >= 0.6 is 0 Å².